The summed E-state index contributed by atoms with van der Waals surface area (Å²) < 4.78 is 2.79. The van der Waals surface area contributed by atoms with Gasteiger partial charge >= 0.3 is 0 Å². The zero-order valence-corrected chi connectivity index (χ0v) is 10.4. The molecular weight excluding hydrogens is 280 g/mol. The Balaban J connectivity index is 2.24. The van der Waals surface area contributed by atoms with Crippen molar-refractivity contribution in [3.8, 4) is 11.3 Å². The van der Waals surface area contributed by atoms with Crippen molar-refractivity contribution in [2.45, 2.75) is 0 Å². The number of pyridine rings is 2. The molecular formula is C12H9BrN4. The molecule has 3 aromatic heterocycles. The summed E-state index contributed by atoms with van der Waals surface area (Å²) in [6.45, 7) is 0. The number of nitrogens with zero attached hydrogens (tertiary/aromatic N) is 3. The van der Waals surface area contributed by atoms with Crippen LogP contribution >= 0.6 is 15.9 Å². The zero-order valence-electron chi connectivity index (χ0n) is 8.84. The first kappa shape index (κ1) is 10.3. The first-order valence-corrected chi connectivity index (χ1v) is 5.87. The highest BCUT2D eigenvalue weighted by Crippen LogP contribution is 2.24. The van der Waals surface area contributed by atoms with Crippen LogP contribution in [-0.4, -0.2) is 14.4 Å². The number of nitrogen functional groups attached to an aromatic ring is 1. The Kier molecular flexibility index (Phi) is 2.33. The molecule has 0 aliphatic rings. The minimum absolute atomic E-state index is 0.694. The molecule has 0 saturated carbocycles. The van der Waals surface area contributed by atoms with Gasteiger partial charge in [-0.25, -0.2) is 4.98 Å². The average molecular weight is 289 g/mol. The van der Waals surface area contributed by atoms with E-state index in [4.69, 9.17) is 5.73 Å². The van der Waals surface area contributed by atoms with Gasteiger partial charge in [0.25, 0.3) is 0 Å². The van der Waals surface area contributed by atoms with Gasteiger partial charge in [-0.3, -0.25) is 4.98 Å². The predicted octanol–water partition coefficient (Wildman–Crippen LogP) is 2.74. The quantitative estimate of drug-likeness (QED) is 0.749. The van der Waals surface area contributed by atoms with E-state index in [1.165, 1.54) is 0 Å². The Bertz CT molecular complexity index is 676. The zero-order chi connectivity index (χ0) is 11.8. The lowest BCUT2D eigenvalue weighted by Gasteiger charge is -1.97. The van der Waals surface area contributed by atoms with E-state index in [1.54, 1.807) is 12.4 Å². The molecule has 0 atom stereocenters. The van der Waals surface area contributed by atoms with Crippen LogP contribution in [0, 0.1) is 0 Å². The van der Waals surface area contributed by atoms with Crippen LogP contribution in [0.4, 0.5) is 5.69 Å². The lowest BCUT2D eigenvalue weighted by Crippen LogP contribution is -1.90. The first-order valence-electron chi connectivity index (χ1n) is 5.08. The fourth-order valence-electron chi connectivity index (χ4n) is 1.73. The first-order chi connectivity index (χ1) is 8.24. The smallest absolute Gasteiger partial charge is 0.151 e. The van der Waals surface area contributed by atoms with Crippen LogP contribution < -0.4 is 5.73 Å². The number of imidazole rings is 1. The van der Waals surface area contributed by atoms with Crippen LogP contribution in [0.2, 0.25) is 0 Å². The van der Waals surface area contributed by atoms with Crippen molar-refractivity contribution < 1.29 is 0 Å². The third-order valence-corrected chi connectivity index (χ3v) is 3.07. The Morgan fingerprint density at radius 1 is 1.29 bits per heavy atom. The van der Waals surface area contributed by atoms with Gasteiger partial charge < -0.3 is 10.1 Å². The summed E-state index contributed by atoms with van der Waals surface area (Å²) in [6, 6.07) is 5.71. The van der Waals surface area contributed by atoms with Gasteiger partial charge in [0.1, 0.15) is 0 Å². The second kappa shape index (κ2) is 3.85. The standard InChI is InChI=1S/C12H9BrN4/c13-10-4-9(14)6-17-7-11(16-12(10)17)8-2-1-3-15-5-8/h1-7H,14H2. The van der Waals surface area contributed by atoms with Gasteiger partial charge in [0.05, 0.1) is 10.2 Å². The molecule has 3 aromatic rings. The van der Waals surface area contributed by atoms with Crippen molar-refractivity contribution >= 4 is 27.3 Å². The molecule has 2 N–H and O–H groups in total. The van der Waals surface area contributed by atoms with E-state index in [2.05, 4.69) is 25.9 Å². The van der Waals surface area contributed by atoms with Crippen LogP contribution in [0.15, 0.2) is 47.5 Å². The SMILES string of the molecule is Nc1cc(Br)c2nc(-c3cccnc3)cn2c1. The number of nitrogens with two attached hydrogens (primary N) is 1. The second-order valence-corrected chi connectivity index (χ2v) is 4.57. The molecule has 0 unspecified atom stereocenters. The Morgan fingerprint density at radius 3 is 2.94 bits per heavy atom. The van der Waals surface area contributed by atoms with Crippen LogP contribution in [0.5, 0.6) is 0 Å². The molecule has 3 rings (SSSR count). The van der Waals surface area contributed by atoms with E-state index in [-0.39, 0.29) is 0 Å². The third kappa shape index (κ3) is 1.78. The van der Waals surface area contributed by atoms with Crippen LogP contribution in [0.25, 0.3) is 16.9 Å². The van der Waals surface area contributed by atoms with Crippen LogP contribution in [-0.2, 0) is 0 Å². The molecule has 3 heterocycles. The maximum absolute atomic E-state index is 5.78. The fraction of sp³-hybridized carbons (Fsp3) is 0. The normalized spacial score (nSPS) is 10.9. The van der Waals surface area contributed by atoms with Crippen molar-refractivity contribution in [2.75, 3.05) is 5.73 Å². The summed E-state index contributed by atoms with van der Waals surface area (Å²) in [5.41, 5.74) is 9.19. The lowest BCUT2D eigenvalue weighted by molar-refractivity contribution is 1.18. The molecule has 0 spiro atoms. The molecule has 84 valence electrons. The second-order valence-electron chi connectivity index (χ2n) is 3.72. The van der Waals surface area contributed by atoms with Crippen molar-refractivity contribution in [3.05, 3.63) is 47.5 Å². The van der Waals surface area contributed by atoms with Crippen molar-refractivity contribution in [1.82, 2.24) is 14.4 Å². The summed E-state index contributed by atoms with van der Waals surface area (Å²) in [4.78, 5) is 8.63. The van der Waals surface area contributed by atoms with Gasteiger partial charge in [-0.2, -0.15) is 0 Å². The van der Waals surface area contributed by atoms with Crippen molar-refractivity contribution in [3.63, 3.8) is 0 Å². The molecule has 0 bridgehead atoms. The van der Waals surface area contributed by atoms with Gasteiger partial charge in [0.15, 0.2) is 5.65 Å². The summed E-state index contributed by atoms with van der Waals surface area (Å²) in [7, 11) is 0. The molecule has 17 heavy (non-hydrogen) atoms. The Morgan fingerprint density at radius 2 is 2.18 bits per heavy atom. The minimum atomic E-state index is 0.694. The molecule has 5 heteroatoms. The van der Waals surface area contributed by atoms with E-state index >= 15 is 0 Å². The molecule has 0 aromatic carbocycles. The van der Waals surface area contributed by atoms with Crippen LogP contribution in [0.1, 0.15) is 0 Å². The minimum Gasteiger partial charge on any atom is -0.397 e. The van der Waals surface area contributed by atoms with E-state index in [1.807, 2.05) is 35.0 Å². The number of aromatic nitrogens is 3. The Hall–Kier alpha value is -1.88. The molecule has 0 aliphatic carbocycles. The van der Waals surface area contributed by atoms with E-state index < -0.39 is 0 Å². The molecule has 0 radical (unpaired) electrons. The third-order valence-electron chi connectivity index (χ3n) is 2.48. The highest BCUT2D eigenvalue weighted by Gasteiger charge is 2.07. The number of rotatable bonds is 1. The molecule has 0 saturated heterocycles. The molecule has 0 amide bonds. The monoisotopic (exact) mass is 288 g/mol. The topological polar surface area (TPSA) is 56.2 Å². The van der Waals surface area contributed by atoms with E-state index in [0.717, 1.165) is 21.4 Å². The van der Waals surface area contributed by atoms with E-state index in [9.17, 15) is 0 Å². The molecule has 0 fully saturated rings. The summed E-state index contributed by atoms with van der Waals surface area (Å²) in [5, 5.41) is 0. The summed E-state index contributed by atoms with van der Waals surface area (Å²) >= 11 is 3.45. The van der Waals surface area contributed by atoms with Crippen molar-refractivity contribution in [1.29, 1.82) is 0 Å². The fourth-order valence-corrected chi connectivity index (χ4v) is 2.29. The Labute approximate surface area is 106 Å². The predicted molar refractivity (Wildman–Crippen MR) is 70.5 cm³/mol. The van der Waals surface area contributed by atoms with E-state index in [0.29, 0.717) is 5.69 Å². The molecule has 0 aliphatic heterocycles. The number of halogens is 1. The summed E-state index contributed by atoms with van der Waals surface area (Å²) in [5.74, 6) is 0. The number of hydrogen-bond donors (Lipinski definition) is 1. The lowest BCUT2D eigenvalue weighted by atomic mass is 10.2. The maximum Gasteiger partial charge on any atom is 0.151 e. The largest absolute Gasteiger partial charge is 0.397 e. The highest BCUT2D eigenvalue weighted by atomic mass is 79.9. The van der Waals surface area contributed by atoms with Crippen molar-refractivity contribution in [2.24, 2.45) is 0 Å². The van der Waals surface area contributed by atoms with Gasteiger partial charge in [0, 0.05) is 36.0 Å². The van der Waals surface area contributed by atoms with Gasteiger partial charge in [0.2, 0.25) is 0 Å². The molecule has 4 nitrogen and oxygen atoms in total. The number of fused-ring (bicyclic) bond motifs is 1. The highest BCUT2D eigenvalue weighted by molar-refractivity contribution is 9.10. The number of anilines is 1. The van der Waals surface area contributed by atoms with Gasteiger partial charge in [-0.15, -0.1) is 0 Å². The number of hydrogen-bond acceptors (Lipinski definition) is 3. The van der Waals surface area contributed by atoms with Crippen LogP contribution in [0.3, 0.4) is 0 Å². The van der Waals surface area contributed by atoms with Gasteiger partial charge in [-0.1, -0.05) is 0 Å². The van der Waals surface area contributed by atoms with Gasteiger partial charge in [-0.05, 0) is 34.1 Å². The maximum atomic E-state index is 5.78. The average Bonchev–Trinajstić information content (AvgIpc) is 2.74. The summed E-state index contributed by atoms with van der Waals surface area (Å²) in [6.07, 6.45) is 7.31.